The molecule has 0 saturated heterocycles. The van der Waals surface area contributed by atoms with E-state index >= 15 is 0 Å². The molecule has 0 aliphatic rings. The molecular formula is C28H32BrN3O4S. The van der Waals surface area contributed by atoms with Crippen LogP contribution in [0.15, 0.2) is 88.2 Å². The van der Waals surface area contributed by atoms with E-state index in [4.69, 9.17) is 0 Å². The Labute approximate surface area is 227 Å². The maximum Gasteiger partial charge on any atom is 0.264 e. The monoisotopic (exact) mass is 585 g/mol. The minimum atomic E-state index is -4.07. The van der Waals surface area contributed by atoms with Crippen molar-refractivity contribution in [3.63, 3.8) is 0 Å². The normalized spacial score (nSPS) is 12.0. The summed E-state index contributed by atoms with van der Waals surface area (Å²) >= 11 is 3.38. The first-order valence-electron chi connectivity index (χ1n) is 12.1. The van der Waals surface area contributed by atoms with Crippen molar-refractivity contribution >= 4 is 43.5 Å². The molecule has 3 aromatic rings. The number of aryl methyl sites for hydroxylation is 1. The third kappa shape index (κ3) is 7.20. The molecule has 37 heavy (non-hydrogen) atoms. The van der Waals surface area contributed by atoms with E-state index in [-0.39, 0.29) is 17.3 Å². The largest absolute Gasteiger partial charge is 0.357 e. The summed E-state index contributed by atoms with van der Waals surface area (Å²) in [5, 5.41) is 2.63. The fourth-order valence-corrected chi connectivity index (χ4v) is 5.71. The number of hydrogen-bond donors (Lipinski definition) is 1. The Balaban J connectivity index is 1.99. The third-order valence-electron chi connectivity index (χ3n) is 6.12. The Morgan fingerprint density at radius 3 is 2.14 bits per heavy atom. The van der Waals surface area contributed by atoms with E-state index < -0.39 is 28.5 Å². The summed E-state index contributed by atoms with van der Waals surface area (Å²) in [6.07, 6.45) is 0.923. The molecule has 0 radical (unpaired) electrons. The van der Waals surface area contributed by atoms with Gasteiger partial charge in [-0.15, -0.1) is 0 Å². The Kier molecular flexibility index (Phi) is 9.88. The van der Waals surface area contributed by atoms with Gasteiger partial charge < -0.3 is 10.2 Å². The lowest BCUT2D eigenvalue weighted by atomic mass is 10.1. The second-order valence-electron chi connectivity index (χ2n) is 8.66. The van der Waals surface area contributed by atoms with Gasteiger partial charge in [-0.2, -0.15) is 0 Å². The second-order valence-corrected chi connectivity index (χ2v) is 11.4. The van der Waals surface area contributed by atoms with Crippen molar-refractivity contribution in [2.45, 2.75) is 37.6 Å². The van der Waals surface area contributed by atoms with Gasteiger partial charge in [-0.1, -0.05) is 70.9 Å². The highest BCUT2D eigenvalue weighted by molar-refractivity contribution is 9.10. The smallest absolute Gasteiger partial charge is 0.264 e. The van der Waals surface area contributed by atoms with Crippen LogP contribution in [0.5, 0.6) is 0 Å². The molecule has 1 atom stereocenters. The first kappa shape index (κ1) is 28.4. The van der Waals surface area contributed by atoms with E-state index in [1.54, 1.807) is 36.4 Å². The van der Waals surface area contributed by atoms with Gasteiger partial charge in [0.2, 0.25) is 11.8 Å². The van der Waals surface area contributed by atoms with Crippen LogP contribution in [-0.4, -0.2) is 51.3 Å². The van der Waals surface area contributed by atoms with Gasteiger partial charge in [-0.05, 0) is 61.7 Å². The van der Waals surface area contributed by atoms with E-state index in [1.807, 2.05) is 44.2 Å². The molecule has 0 aliphatic heterocycles. The molecular weight excluding hydrogens is 554 g/mol. The number of anilines is 1. The number of benzene rings is 3. The number of likely N-dealkylation sites (N-methyl/N-ethyl adjacent to an activating group) is 1. The van der Waals surface area contributed by atoms with Crippen LogP contribution in [-0.2, 0) is 26.0 Å². The molecule has 3 aromatic carbocycles. The summed E-state index contributed by atoms with van der Waals surface area (Å²) in [7, 11) is -2.54. The van der Waals surface area contributed by atoms with E-state index in [1.165, 1.54) is 24.1 Å². The number of amides is 2. The first-order valence-corrected chi connectivity index (χ1v) is 14.3. The van der Waals surface area contributed by atoms with Crippen LogP contribution in [0.2, 0.25) is 0 Å². The lowest BCUT2D eigenvalue weighted by molar-refractivity contribution is -0.139. The van der Waals surface area contributed by atoms with Gasteiger partial charge in [-0.3, -0.25) is 13.9 Å². The zero-order chi connectivity index (χ0) is 27.0. The molecule has 0 saturated carbocycles. The number of rotatable bonds is 11. The molecule has 0 aromatic heterocycles. The van der Waals surface area contributed by atoms with Crippen LogP contribution >= 0.6 is 15.9 Å². The Morgan fingerprint density at radius 2 is 1.57 bits per heavy atom. The Bertz CT molecular complexity index is 1300. The predicted molar refractivity (Wildman–Crippen MR) is 150 cm³/mol. The van der Waals surface area contributed by atoms with Crippen molar-refractivity contribution in [1.82, 2.24) is 10.2 Å². The molecule has 0 heterocycles. The first-order chi connectivity index (χ1) is 17.7. The molecule has 9 heteroatoms. The zero-order valence-electron chi connectivity index (χ0n) is 21.2. The summed E-state index contributed by atoms with van der Waals surface area (Å²) in [6, 6.07) is 22.2. The molecule has 0 unspecified atom stereocenters. The minimum absolute atomic E-state index is 0.0861. The van der Waals surface area contributed by atoms with Gasteiger partial charge in [0, 0.05) is 18.1 Å². The van der Waals surface area contributed by atoms with Crippen LogP contribution in [0.4, 0.5) is 5.69 Å². The van der Waals surface area contributed by atoms with Crippen molar-refractivity contribution in [2.75, 3.05) is 24.4 Å². The van der Waals surface area contributed by atoms with Crippen LogP contribution < -0.4 is 9.62 Å². The fraction of sp³-hybridized carbons (Fsp3) is 0.286. The SMILES string of the molecule is CC[C@H](C(=O)NC)N(CCc1ccccc1)C(=O)CN(c1ccc(Br)cc1)S(=O)(=O)c1ccc(C)cc1. The molecule has 1 N–H and O–H groups in total. The maximum atomic E-state index is 13.8. The molecule has 0 fully saturated rings. The summed E-state index contributed by atoms with van der Waals surface area (Å²) in [4.78, 5) is 28.1. The van der Waals surface area contributed by atoms with Gasteiger partial charge in [0.1, 0.15) is 12.6 Å². The molecule has 7 nitrogen and oxygen atoms in total. The topological polar surface area (TPSA) is 86.8 Å². The summed E-state index contributed by atoms with van der Waals surface area (Å²) in [6.45, 7) is 3.53. The minimum Gasteiger partial charge on any atom is -0.357 e. The van der Waals surface area contributed by atoms with E-state index in [0.29, 0.717) is 18.5 Å². The molecule has 2 amide bonds. The number of nitrogens with one attached hydrogen (secondary N) is 1. The molecule has 196 valence electrons. The highest BCUT2D eigenvalue weighted by atomic mass is 79.9. The van der Waals surface area contributed by atoms with E-state index in [0.717, 1.165) is 19.9 Å². The van der Waals surface area contributed by atoms with Crippen molar-refractivity contribution in [3.8, 4) is 0 Å². The average molecular weight is 587 g/mol. The highest BCUT2D eigenvalue weighted by Crippen LogP contribution is 2.26. The highest BCUT2D eigenvalue weighted by Gasteiger charge is 2.33. The van der Waals surface area contributed by atoms with Crippen LogP contribution in [0, 0.1) is 6.92 Å². The number of carbonyl (C=O) groups excluding carboxylic acids is 2. The molecule has 0 bridgehead atoms. The lowest BCUT2D eigenvalue weighted by Crippen LogP contribution is -2.52. The number of sulfonamides is 1. The average Bonchev–Trinajstić information content (AvgIpc) is 2.90. The standard InChI is InChI=1S/C28H32BrN3O4S/c1-4-26(28(34)30-3)31(19-18-22-8-6-5-7-9-22)27(33)20-32(24-14-12-23(29)13-15-24)37(35,36)25-16-10-21(2)11-17-25/h5-17,26H,4,18-20H2,1-3H3,(H,30,34)/t26-/m1/s1. The van der Waals surface area contributed by atoms with Crippen molar-refractivity contribution in [2.24, 2.45) is 0 Å². The summed E-state index contributed by atoms with van der Waals surface area (Å²) in [5.74, 6) is -0.745. The number of hydrogen-bond acceptors (Lipinski definition) is 4. The van der Waals surface area contributed by atoms with Gasteiger partial charge in [0.25, 0.3) is 10.0 Å². The van der Waals surface area contributed by atoms with Crippen molar-refractivity contribution in [3.05, 3.63) is 94.5 Å². The molecule has 0 aliphatic carbocycles. The van der Waals surface area contributed by atoms with Crippen LogP contribution in [0.25, 0.3) is 0 Å². The molecule has 3 rings (SSSR count). The lowest BCUT2D eigenvalue weighted by Gasteiger charge is -2.33. The summed E-state index contributed by atoms with van der Waals surface area (Å²) < 4.78 is 29.4. The number of halogens is 1. The van der Waals surface area contributed by atoms with Gasteiger partial charge in [0.15, 0.2) is 0 Å². The molecule has 0 spiro atoms. The number of carbonyl (C=O) groups is 2. The van der Waals surface area contributed by atoms with Crippen LogP contribution in [0.3, 0.4) is 0 Å². The second kappa shape index (κ2) is 12.9. The van der Waals surface area contributed by atoms with Gasteiger partial charge in [0.05, 0.1) is 10.6 Å². The summed E-state index contributed by atoms with van der Waals surface area (Å²) in [5.41, 5.74) is 2.30. The van der Waals surface area contributed by atoms with E-state index in [9.17, 15) is 18.0 Å². The van der Waals surface area contributed by atoms with Crippen LogP contribution in [0.1, 0.15) is 24.5 Å². The van der Waals surface area contributed by atoms with Crippen molar-refractivity contribution < 1.29 is 18.0 Å². The Morgan fingerprint density at radius 1 is 0.946 bits per heavy atom. The quantitative estimate of drug-likeness (QED) is 0.357. The van der Waals surface area contributed by atoms with Crippen molar-refractivity contribution in [1.29, 1.82) is 0 Å². The zero-order valence-corrected chi connectivity index (χ0v) is 23.6. The predicted octanol–water partition coefficient (Wildman–Crippen LogP) is 4.55. The fourth-order valence-electron chi connectivity index (χ4n) is 4.04. The maximum absolute atomic E-state index is 13.8. The Hall–Kier alpha value is -3.17. The number of nitrogens with zero attached hydrogens (tertiary/aromatic N) is 2. The van der Waals surface area contributed by atoms with Gasteiger partial charge >= 0.3 is 0 Å². The third-order valence-corrected chi connectivity index (χ3v) is 8.44. The van der Waals surface area contributed by atoms with Gasteiger partial charge in [-0.25, -0.2) is 8.42 Å². The van der Waals surface area contributed by atoms with E-state index in [2.05, 4.69) is 21.2 Å².